The van der Waals surface area contributed by atoms with Gasteiger partial charge in [0.15, 0.2) is 0 Å². The van der Waals surface area contributed by atoms with Crippen LogP contribution in [-0.4, -0.2) is 45.2 Å². The highest BCUT2D eigenvalue weighted by Crippen LogP contribution is 2.26. The highest BCUT2D eigenvalue weighted by Gasteiger charge is 2.33. The number of halogens is 1. The number of piperidine rings is 1. The number of likely N-dealkylation sites (tertiary alicyclic amines) is 1. The van der Waals surface area contributed by atoms with Crippen molar-refractivity contribution in [2.24, 2.45) is 11.8 Å². The third kappa shape index (κ3) is 4.31. The van der Waals surface area contributed by atoms with Gasteiger partial charge in [-0.25, -0.2) is 4.39 Å². The van der Waals surface area contributed by atoms with Crippen LogP contribution >= 0.6 is 0 Å². The molecule has 4 rings (SSSR count). The highest BCUT2D eigenvalue weighted by atomic mass is 19.1. The Bertz CT molecular complexity index is 904. The number of fused-ring (bicyclic) bond motifs is 1. The molecule has 1 aromatic carbocycles. The van der Waals surface area contributed by atoms with E-state index in [1.165, 1.54) is 6.07 Å². The van der Waals surface area contributed by atoms with E-state index in [-0.39, 0.29) is 29.5 Å². The number of amides is 2. The van der Waals surface area contributed by atoms with E-state index in [1.54, 1.807) is 13.0 Å². The molecular formula is C21H26FN5O2. The minimum absolute atomic E-state index is 0.0250. The van der Waals surface area contributed by atoms with Crippen molar-refractivity contribution in [1.82, 2.24) is 25.6 Å². The van der Waals surface area contributed by atoms with Gasteiger partial charge in [-0.2, -0.15) is 15.4 Å². The van der Waals surface area contributed by atoms with Crippen LogP contribution in [0, 0.1) is 24.6 Å². The van der Waals surface area contributed by atoms with E-state index in [9.17, 15) is 14.0 Å². The number of hydrogen-bond acceptors (Lipinski definition) is 4. The lowest BCUT2D eigenvalue weighted by Crippen LogP contribution is -2.45. The average molecular weight is 399 g/mol. The third-order valence-corrected chi connectivity index (χ3v) is 6.10. The SMILES string of the molecule is Cc1ccc(CNC(=O)C2CCN(C(=O)[C@@H]3CCc4n[nH]nc4C3)CC2)cc1F. The minimum Gasteiger partial charge on any atom is -0.352 e. The molecule has 2 amide bonds. The quantitative estimate of drug-likeness (QED) is 0.822. The van der Waals surface area contributed by atoms with Gasteiger partial charge in [0.2, 0.25) is 11.8 Å². The number of carbonyl (C=O) groups excluding carboxylic acids is 2. The zero-order valence-corrected chi connectivity index (χ0v) is 16.6. The smallest absolute Gasteiger partial charge is 0.226 e. The van der Waals surface area contributed by atoms with E-state index in [4.69, 9.17) is 0 Å². The first kappa shape index (κ1) is 19.5. The maximum Gasteiger partial charge on any atom is 0.226 e. The summed E-state index contributed by atoms with van der Waals surface area (Å²) in [6, 6.07) is 5.00. The Morgan fingerprint density at radius 3 is 2.69 bits per heavy atom. The fourth-order valence-corrected chi connectivity index (χ4v) is 4.20. The van der Waals surface area contributed by atoms with Gasteiger partial charge < -0.3 is 10.2 Å². The van der Waals surface area contributed by atoms with Gasteiger partial charge in [0.1, 0.15) is 5.82 Å². The zero-order valence-electron chi connectivity index (χ0n) is 16.6. The van der Waals surface area contributed by atoms with Crippen molar-refractivity contribution in [3.63, 3.8) is 0 Å². The number of aromatic nitrogens is 3. The van der Waals surface area contributed by atoms with Crippen molar-refractivity contribution in [2.45, 2.75) is 45.6 Å². The summed E-state index contributed by atoms with van der Waals surface area (Å²) < 4.78 is 13.6. The third-order valence-electron chi connectivity index (χ3n) is 6.10. The molecule has 1 atom stereocenters. The van der Waals surface area contributed by atoms with Gasteiger partial charge >= 0.3 is 0 Å². The van der Waals surface area contributed by atoms with E-state index >= 15 is 0 Å². The number of H-pyrrole nitrogens is 1. The summed E-state index contributed by atoms with van der Waals surface area (Å²) in [6.07, 6.45) is 3.52. The van der Waals surface area contributed by atoms with Crippen molar-refractivity contribution in [3.8, 4) is 0 Å². The number of rotatable bonds is 4. The Kier molecular flexibility index (Phi) is 5.60. The first-order valence-corrected chi connectivity index (χ1v) is 10.2. The molecule has 1 saturated heterocycles. The molecule has 8 heteroatoms. The molecule has 2 N–H and O–H groups in total. The van der Waals surface area contributed by atoms with Gasteiger partial charge in [-0.1, -0.05) is 12.1 Å². The lowest BCUT2D eigenvalue weighted by molar-refractivity contribution is -0.139. The van der Waals surface area contributed by atoms with Crippen molar-refractivity contribution in [2.75, 3.05) is 13.1 Å². The highest BCUT2D eigenvalue weighted by molar-refractivity contribution is 5.81. The van der Waals surface area contributed by atoms with Crippen molar-refractivity contribution >= 4 is 11.8 Å². The van der Waals surface area contributed by atoms with Crippen LogP contribution in [0.15, 0.2) is 18.2 Å². The van der Waals surface area contributed by atoms with Crippen LogP contribution in [0.3, 0.4) is 0 Å². The maximum absolute atomic E-state index is 13.6. The average Bonchev–Trinajstić information content (AvgIpc) is 3.22. The normalized spacial score (nSPS) is 19.7. The molecule has 2 aromatic rings. The zero-order chi connectivity index (χ0) is 20.4. The van der Waals surface area contributed by atoms with Gasteiger partial charge in [0.25, 0.3) is 0 Å². The van der Waals surface area contributed by atoms with Gasteiger partial charge in [-0.05, 0) is 49.8 Å². The van der Waals surface area contributed by atoms with Gasteiger partial charge in [0.05, 0.1) is 11.4 Å². The van der Waals surface area contributed by atoms with Crippen LogP contribution in [0.1, 0.15) is 41.8 Å². The number of hydrogen-bond donors (Lipinski definition) is 2. The molecule has 2 heterocycles. The standard InChI is InChI=1S/C21H26FN5O2/c1-13-2-3-14(10-17(13)22)12-23-20(28)15-6-8-27(9-7-15)21(29)16-4-5-18-19(11-16)25-26-24-18/h2-3,10,15-16H,4-9,11-12H2,1H3,(H,23,28)(H,24,25,26)/t16-/m1/s1. The molecule has 1 aliphatic carbocycles. The topological polar surface area (TPSA) is 91.0 Å². The summed E-state index contributed by atoms with van der Waals surface area (Å²) in [5.74, 6) is -0.281. The second kappa shape index (κ2) is 8.31. The Labute approximate surface area is 169 Å². The number of aryl methyl sites for hydroxylation is 2. The van der Waals surface area contributed by atoms with Crippen molar-refractivity contribution in [3.05, 3.63) is 46.5 Å². The van der Waals surface area contributed by atoms with Crippen LogP contribution in [0.5, 0.6) is 0 Å². The molecule has 1 fully saturated rings. The molecule has 154 valence electrons. The number of carbonyl (C=O) groups is 2. The van der Waals surface area contributed by atoms with Crippen LogP contribution in [0.2, 0.25) is 0 Å². The molecule has 7 nitrogen and oxygen atoms in total. The van der Waals surface area contributed by atoms with Crippen molar-refractivity contribution in [1.29, 1.82) is 0 Å². The van der Waals surface area contributed by atoms with Gasteiger partial charge in [-0.3, -0.25) is 9.59 Å². The molecule has 0 spiro atoms. The Hall–Kier alpha value is -2.77. The first-order chi connectivity index (χ1) is 14.0. The fraction of sp³-hybridized carbons (Fsp3) is 0.524. The molecule has 29 heavy (non-hydrogen) atoms. The van der Waals surface area contributed by atoms with Crippen LogP contribution < -0.4 is 5.32 Å². The van der Waals surface area contributed by atoms with Crippen LogP contribution in [-0.2, 0) is 29.0 Å². The molecule has 0 saturated carbocycles. The molecule has 0 unspecified atom stereocenters. The number of aromatic amines is 1. The Balaban J connectivity index is 1.25. The Morgan fingerprint density at radius 1 is 1.17 bits per heavy atom. The van der Waals surface area contributed by atoms with E-state index in [2.05, 4.69) is 20.7 Å². The fourth-order valence-electron chi connectivity index (χ4n) is 4.20. The van der Waals surface area contributed by atoms with E-state index in [1.807, 2.05) is 11.0 Å². The molecule has 1 aromatic heterocycles. The van der Waals surface area contributed by atoms with Crippen LogP contribution in [0.4, 0.5) is 4.39 Å². The summed E-state index contributed by atoms with van der Waals surface area (Å²) in [7, 11) is 0. The lowest BCUT2D eigenvalue weighted by atomic mass is 9.87. The second-order valence-electron chi connectivity index (χ2n) is 8.06. The number of benzene rings is 1. The maximum atomic E-state index is 13.6. The number of nitrogens with one attached hydrogen (secondary N) is 2. The second-order valence-corrected chi connectivity index (χ2v) is 8.06. The summed E-state index contributed by atoms with van der Waals surface area (Å²) in [5, 5.41) is 13.8. The molecular weight excluding hydrogens is 373 g/mol. The van der Waals surface area contributed by atoms with Crippen LogP contribution in [0.25, 0.3) is 0 Å². The molecule has 0 bridgehead atoms. The van der Waals surface area contributed by atoms with E-state index in [0.29, 0.717) is 44.5 Å². The van der Waals surface area contributed by atoms with E-state index < -0.39 is 0 Å². The largest absolute Gasteiger partial charge is 0.352 e. The monoisotopic (exact) mass is 399 g/mol. The summed E-state index contributed by atoms with van der Waals surface area (Å²) in [4.78, 5) is 27.2. The van der Waals surface area contributed by atoms with Gasteiger partial charge in [0, 0.05) is 37.9 Å². The summed E-state index contributed by atoms with van der Waals surface area (Å²) in [6.45, 7) is 3.22. The predicted molar refractivity (Wildman–Crippen MR) is 104 cm³/mol. The summed E-state index contributed by atoms with van der Waals surface area (Å²) in [5.41, 5.74) is 3.21. The molecule has 1 aliphatic heterocycles. The molecule has 0 radical (unpaired) electrons. The predicted octanol–water partition coefficient (Wildman–Crippen LogP) is 1.91. The van der Waals surface area contributed by atoms with E-state index in [0.717, 1.165) is 29.8 Å². The lowest BCUT2D eigenvalue weighted by Gasteiger charge is -2.34. The number of nitrogens with zero attached hydrogens (tertiary/aromatic N) is 3. The molecule has 2 aliphatic rings. The first-order valence-electron chi connectivity index (χ1n) is 10.2. The minimum atomic E-state index is -0.260. The van der Waals surface area contributed by atoms with Crippen molar-refractivity contribution < 1.29 is 14.0 Å². The summed E-state index contributed by atoms with van der Waals surface area (Å²) >= 11 is 0. The Morgan fingerprint density at radius 2 is 1.93 bits per heavy atom. The van der Waals surface area contributed by atoms with Gasteiger partial charge in [-0.15, -0.1) is 0 Å².